The molecular weight excluding hydrogens is 331 g/mol. The van der Waals surface area contributed by atoms with E-state index in [0.29, 0.717) is 22.9 Å². The molecule has 0 N–H and O–H groups in total. The minimum absolute atomic E-state index is 0.108. The van der Waals surface area contributed by atoms with Gasteiger partial charge in [-0.15, -0.1) is 0 Å². The number of hydrogen-bond donors (Lipinski definition) is 0. The van der Waals surface area contributed by atoms with E-state index in [4.69, 9.17) is 27.0 Å². The van der Waals surface area contributed by atoms with Gasteiger partial charge in [0, 0.05) is 15.7 Å². The Morgan fingerprint density at radius 2 is 1.81 bits per heavy atom. The predicted molar refractivity (Wildman–Crippen MR) is 84.7 cm³/mol. The van der Waals surface area contributed by atoms with Gasteiger partial charge in [0.1, 0.15) is 12.4 Å². The fourth-order valence-electron chi connectivity index (χ4n) is 1.98. The molecule has 0 unspecified atom stereocenters. The van der Waals surface area contributed by atoms with Gasteiger partial charge >= 0.3 is 0 Å². The molecule has 0 fully saturated rings. The van der Waals surface area contributed by atoms with Crippen molar-refractivity contribution in [3.63, 3.8) is 0 Å². The van der Waals surface area contributed by atoms with Gasteiger partial charge < -0.3 is 4.74 Å². The zero-order valence-electron chi connectivity index (χ0n) is 11.6. The molecule has 6 heteroatoms. The van der Waals surface area contributed by atoms with Gasteiger partial charge in [-0.2, -0.15) is 0 Å². The first kappa shape index (κ1) is 16.1. The Morgan fingerprint density at radius 1 is 1.10 bits per heavy atom. The summed E-state index contributed by atoms with van der Waals surface area (Å²) in [7, 11) is 1.65. The summed E-state index contributed by atoms with van der Waals surface area (Å²) < 4.78 is 28.6. The van der Waals surface area contributed by atoms with Crippen LogP contribution in [0.4, 0.5) is 0 Å². The molecule has 0 spiro atoms. The van der Waals surface area contributed by atoms with Gasteiger partial charge in [0.25, 0.3) is 9.05 Å². The van der Waals surface area contributed by atoms with Gasteiger partial charge in [-0.05, 0) is 54.8 Å². The van der Waals surface area contributed by atoms with Gasteiger partial charge in [0.15, 0.2) is 0 Å². The molecule has 0 heterocycles. The number of halogens is 2. The highest BCUT2D eigenvalue weighted by atomic mass is 35.7. The minimum atomic E-state index is -3.75. The van der Waals surface area contributed by atoms with E-state index in [9.17, 15) is 8.42 Å². The largest absolute Gasteiger partial charge is 0.489 e. The molecule has 0 bridgehead atoms. The summed E-state index contributed by atoms with van der Waals surface area (Å²) in [6.07, 6.45) is 0. The lowest BCUT2D eigenvalue weighted by Crippen LogP contribution is -2.01. The topological polar surface area (TPSA) is 43.4 Å². The highest BCUT2D eigenvalue weighted by Gasteiger charge is 2.17. The number of benzene rings is 2. The second-order valence-electron chi connectivity index (χ2n) is 4.67. The fraction of sp³-hybridized carbons (Fsp3) is 0.200. The third-order valence-electron chi connectivity index (χ3n) is 3.23. The van der Waals surface area contributed by atoms with Crippen molar-refractivity contribution in [2.45, 2.75) is 25.3 Å². The SMILES string of the molecule is Cc1c(OCc2cccc(Cl)c2)ccc(S(=O)(=O)Cl)c1C. The Balaban J connectivity index is 2.24. The molecule has 0 aromatic heterocycles. The third kappa shape index (κ3) is 3.90. The summed E-state index contributed by atoms with van der Waals surface area (Å²) in [5.74, 6) is 0.622. The van der Waals surface area contributed by atoms with Crippen molar-refractivity contribution in [2.24, 2.45) is 0 Å². The van der Waals surface area contributed by atoms with E-state index in [0.717, 1.165) is 11.1 Å². The average Bonchev–Trinajstić information content (AvgIpc) is 2.39. The smallest absolute Gasteiger partial charge is 0.261 e. The molecule has 2 aromatic carbocycles. The van der Waals surface area contributed by atoms with E-state index in [1.54, 1.807) is 26.0 Å². The van der Waals surface area contributed by atoms with Crippen LogP contribution in [0.3, 0.4) is 0 Å². The Labute approximate surface area is 133 Å². The van der Waals surface area contributed by atoms with Crippen LogP contribution >= 0.6 is 22.3 Å². The maximum absolute atomic E-state index is 11.4. The molecule has 0 aliphatic carbocycles. The van der Waals surface area contributed by atoms with Gasteiger partial charge in [-0.1, -0.05) is 23.7 Å². The zero-order chi connectivity index (χ0) is 15.6. The summed E-state index contributed by atoms with van der Waals surface area (Å²) in [5.41, 5.74) is 2.28. The lowest BCUT2D eigenvalue weighted by Gasteiger charge is -2.13. The first-order valence-electron chi connectivity index (χ1n) is 6.21. The normalized spacial score (nSPS) is 11.4. The van der Waals surface area contributed by atoms with Crippen molar-refractivity contribution >= 4 is 31.3 Å². The molecule has 112 valence electrons. The lowest BCUT2D eigenvalue weighted by molar-refractivity contribution is 0.303. The van der Waals surface area contributed by atoms with Crippen LogP contribution in [-0.4, -0.2) is 8.42 Å². The molecular formula is C15H14Cl2O3S. The van der Waals surface area contributed by atoms with E-state index in [1.165, 1.54) is 6.07 Å². The molecule has 0 aliphatic heterocycles. The van der Waals surface area contributed by atoms with Crippen LogP contribution in [-0.2, 0) is 15.7 Å². The number of rotatable bonds is 4. The van der Waals surface area contributed by atoms with E-state index in [2.05, 4.69) is 0 Å². The molecule has 0 saturated carbocycles. The van der Waals surface area contributed by atoms with Gasteiger partial charge in [0.2, 0.25) is 0 Å². The Bertz CT molecular complexity index is 770. The Morgan fingerprint density at radius 3 is 2.43 bits per heavy atom. The van der Waals surface area contributed by atoms with Gasteiger partial charge in [-0.25, -0.2) is 8.42 Å². The quantitative estimate of drug-likeness (QED) is 0.768. The van der Waals surface area contributed by atoms with Crippen molar-refractivity contribution in [3.8, 4) is 5.75 Å². The van der Waals surface area contributed by atoms with Crippen LogP contribution in [0.25, 0.3) is 0 Å². The summed E-state index contributed by atoms with van der Waals surface area (Å²) in [6, 6.07) is 10.4. The van der Waals surface area contributed by atoms with Crippen LogP contribution in [0.15, 0.2) is 41.3 Å². The summed E-state index contributed by atoms with van der Waals surface area (Å²) in [5, 5.41) is 0.646. The molecule has 0 amide bonds. The Kier molecular flexibility index (Phi) is 4.81. The van der Waals surface area contributed by atoms with Crippen molar-refractivity contribution in [1.29, 1.82) is 0 Å². The minimum Gasteiger partial charge on any atom is -0.489 e. The van der Waals surface area contributed by atoms with Crippen LogP contribution in [0.1, 0.15) is 16.7 Å². The van der Waals surface area contributed by atoms with Crippen LogP contribution in [0.5, 0.6) is 5.75 Å². The van der Waals surface area contributed by atoms with Crippen LogP contribution in [0.2, 0.25) is 5.02 Å². The molecule has 3 nitrogen and oxygen atoms in total. The monoisotopic (exact) mass is 344 g/mol. The van der Waals surface area contributed by atoms with Crippen LogP contribution in [0, 0.1) is 13.8 Å². The second kappa shape index (κ2) is 6.26. The molecule has 0 aliphatic rings. The van der Waals surface area contributed by atoms with Crippen molar-refractivity contribution in [1.82, 2.24) is 0 Å². The molecule has 0 atom stereocenters. The maximum Gasteiger partial charge on any atom is 0.261 e. The summed E-state index contributed by atoms with van der Waals surface area (Å²) >= 11 is 5.92. The second-order valence-corrected chi connectivity index (χ2v) is 7.64. The predicted octanol–water partition coefficient (Wildman–Crippen LogP) is 4.46. The lowest BCUT2D eigenvalue weighted by atomic mass is 10.1. The summed E-state index contributed by atoms with van der Waals surface area (Å²) in [4.78, 5) is 0.108. The number of hydrogen-bond acceptors (Lipinski definition) is 3. The summed E-state index contributed by atoms with van der Waals surface area (Å²) in [6.45, 7) is 3.86. The number of ether oxygens (including phenoxy) is 1. The fourth-order valence-corrected chi connectivity index (χ4v) is 3.44. The molecule has 0 radical (unpaired) electrons. The first-order chi connectivity index (χ1) is 9.79. The van der Waals surface area contributed by atoms with Crippen LogP contribution < -0.4 is 4.74 Å². The third-order valence-corrected chi connectivity index (χ3v) is 4.94. The average molecular weight is 345 g/mol. The van der Waals surface area contributed by atoms with Gasteiger partial charge in [-0.3, -0.25) is 0 Å². The molecule has 2 rings (SSSR count). The van der Waals surface area contributed by atoms with E-state index in [-0.39, 0.29) is 4.90 Å². The molecule has 2 aromatic rings. The molecule has 21 heavy (non-hydrogen) atoms. The molecule has 0 saturated heterocycles. The van der Waals surface area contributed by atoms with E-state index >= 15 is 0 Å². The van der Waals surface area contributed by atoms with E-state index < -0.39 is 9.05 Å². The van der Waals surface area contributed by atoms with E-state index in [1.807, 2.05) is 18.2 Å². The highest BCUT2D eigenvalue weighted by molar-refractivity contribution is 8.13. The maximum atomic E-state index is 11.4. The standard InChI is InChI=1S/C15H14Cl2O3S/c1-10-11(2)15(21(17,18)19)7-6-14(10)20-9-12-4-3-5-13(16)8-12/h3-8H,9H2,1-2H3. The van der Waals surface area contributed by atoms with Crippen molar-refractivity contribution in [3.05, 3.63) is 58.1 Å². The van der Waals surface area contributed by atoms with Gasteiger partial charge in [0.05, 0.1) is 4.90 Å². The zero-order valence-corrected chi connectivity index (χ0v) is 13.9. The first-order valence-corrected chi connectivity index (χ1v) is 8.90. The van der Waals surface area contributed by atoms with Crippen molar-refractivity contribution in [2.75, 3.05) is 0 Å². The highest BCUT2D eigenvalue weighted by Crippen LogP contribution is 2.29. The van der Waals surface area contributed by atoms with Crippen molar-refractivity contribution < 1.29 is 13.2 Å². The Hall–Kier alpha value is -1.23.